The quantitative estimate of drug-likeness (QED) is 0.615. The van der Waals surface area contributed by atoms with Crippen molar-refractivity contribution in [2.45, 2.75) is 45.3 Å². The molecule has 0 N–H and O–H groups in total. The molecule has 1 aliphatic heterocycles. The van der Waals surface area contributed by atoms with Gasteiger partial charge in [-0.3, -0.25) is 9.59 Å². The third-order valence-corrected chi connectivity index (χ3v) is 4.57. The predicted molar refractivity (Wildman–Crippen MR) is 81.5 cm³/mol. The van der Waals surface area contributed by atoms with Crippen LogP contribution in [0, 0.1) is 5.92 Å². The summed E-state index contributed by atoms with van der Waals surface area (Å²) >= 11 is 3.39. The molecule has 4 nitrogen and oxygen atoms in total. The highest BCUT2D eigenvalue weighted by Gasteiger charge is 2.52. The van der Waals surface area contributed by atoms with Gasteiger partial charge in [-0.1, -0.05) is 41.9 Å². The first-order valence-electron chi connectivity index (χ1n) is 6.91. The number of cyclic esters (lactones) is 2. The molecule has 1 aromatic carbocycles. The van der Waals surface area contributed by atoms with Crippen LogP contribution in [0.3, 0.4) is 0 Å². The lowest BCUT2D eigenvalue weighted by molar-refractivity contribution is -0.243. The number of carbonyl (C=O) groups excluding carboxylic acids is 2. The van der Waals surface area contributed by atoms with E-state index in [-0.39, 0.29) is 0 Å². The molecule has 0 spiro atoms. The van der Waals surface area contributed by atoms with Crippen molar-refractivity contribution in [3.63, 3.8) is 0 Å². The monoisotopic (exact) mass is 354 g/mol. The third-order valence-electron chi connectivity index (χ3n) is 4.04. The van der Waals surface area contributed by atoms with Gasteiger partial charge in [0.15, 0.2) is 5.92 Å². The Balaban J connectivity index is 2.42. The summed E-state index contributed by atoms with van der Waals surface area (Å²) in [5, 5.41) is 0. The first-order chi connectivity index (χ1) is 9.69. The van der Waals surface area contributed by atoms with Gasteiger partial charge in [-0.05, 0) is 24.1 Å². The Morgan fingerprint density at radius 2 is 1.62 bits per heavy atom. The van der Waals surface area contributed by atoms with E-state index < -0.39 is 29.1 Å². The average molecular weight is 355 g/mol. The van der Waals surface area contributed by atoms with Crippen molar-refractivity contribution in [3.05, 3.63) is 34.3 Å². The van der Waals surface area contributed by atoms with Crippen LogP contribution in [0.2, 0.25) is 0 Å². The standard InChI is InChI=1S/C16H19BrO4/c1-5-16(4,10-6-8-11(17)9-7-10)12-13(18)20-15(2,3)21-14(12)19/h6-9,12H,5H2,1-4H3/t16-/m0/s1. The first kappa shape index (κ1) is 16.0. The van der Waals surface area contributed by atoms with Gasteiger partial charge in [-0.15, -0.1) is 0 Å². The van der Waals surface area contributed by atoms with Gasteiger partial charge in [-0.2, -0.15) is 0 Å². The van der Waals surface area contributed by atoms with Gasteiger partial charge >= 0.3 is 11.9 Å². The van der Waals surface area contributed by atoms with E-state index in [4.69, 9.17) is 9.47 Å². The highest BCUT2D eigenvalue weighted by atomic mass is 79.9. The maximum Gasteiger partial charge on any atom is 0.324 e. The van der Waals surface area contributed by atoms with Crippen LogP contribution in [-0.4, -0.2) is 17.7 Å². The molecule has 1 aliphatic rings. The molecule has 0 bridgehead atoms. The second-order valence-electron chi connectivity index (χ2n) is 5.95. The minimum atomic E-state index is -1.20. The highest BCUT2D eigenvalue weighted by molar-refractivity contribution is 9.10. The average Bonchev–Trinajstić information content (AvgIpc) is 2.36. The Labute approximate surface area is 132 Å². The summed E-state index contributed by atoms with van der Waals surface area (Å²) < 4.78 is 11.5. The fourth-order valence-corrected chi connectivity index (χ4v) is 2.91. The van der Waals surface area contributed by atoms with Crippen LogP contribution >= 0.6 is 15.9 Å². The topological polar surface area (TPSA) is 52.6 Å². The fourth-order valence-electron chi connectivity index (χ4n) is 2.65. The molecule has 0 amide bonds. The number of rotatable bonds is 3. The van der Waals surface area contributed by atoms with Crippen LogP contribution in [0.5, 0.6) is 0 Å². The van der Waals surface area contributed by atoms with Crippen molar-refractivity contribution in [1.29, 1.82) is 0 Å². The zero-order chi connectivity index (χ0) is 15.8. The number of benzene rings is 1. The van der Waals surface area contributed by atoms with Crippen molar-refractivity contribution in [1.82, 2.24) is 0 Å². The lowest BCUT2D eigenvalue weighted by Crippen LogP contribution is -2.53. The van der Waals surface area contributed by atoms with Crippen molar-refractivity contribution < 1.29 is 19.1 Å². The Kier molecular flexibility index (Phi) is 4.15. The van der Waals surface area contributed by atoms with E-state index in [2.05, 4.69) is 15.9 Å². The van der Waals surface area contributed by atoms with Gasteiger partial charge in [0, 0.05) is 23.7 Å². The molecule has 0 radical (unpaired) electrons. The van der Waals surface area contributed by atoms with E-state index >= 15 is 0 Å². The molecule has 2 rings (SSSR count). The molecule has 1 heterocycles. The summed E-state index contributed by atoms with van der Waals surface area (Å²) in [6.45, 7) is 6.95. The number of carbonyl (C=O) groups is 2. The van der Waals surface area contributed by atoms with E-state index in [1.807, 2.05) is 38.1 Å². The van der Waals surface area contributed by atoms with Crippen LogP contribution in [0.15, 0.2) is 28.7 Å². The summed E-state index contributed by atoms with van der Waals surface area (Å²) in [5.74, 6) is -3.19. The number of hydrogen-bond donors (Lipinski definition) is 0. The predicted octanol–water partition coefficient (Wildman–Crippen LogP) is 3.57. The van der Waals surface area contributed by atoms with E-state index in [1.54, 1.807) is 13.8 Å². The molecule has 5 heteroatoms. The largest absolute Gasteiger partial charge is 0.422 e. The molecule has 0 aromatic heterocycles. The van der Waals surface area contributed by atoms with Crippen molar-refractivity contribution in [3.8, 4) is 0 Å². The minimum absolute atomic E-state index is 0.525. The Morgan fingerprint density at radius 3 is 2.05 bits per heavy atom. The lowest BCUT2D eigenvalue weighted by atomic mass is 9.69. The van der Waals surface area contributed by atoms with Crippen LogP contribution in [0.25, 0.3) is 0 Å². The molecule has 1 saturated heterocycles. The Hall–Kier alpha value is -1.36. The van der Waals surface area contributed by atoms with Crippen LogP contribution in [0.1, 0.15) is 39.7 Å². The van der Waals surface area contributed by atoms with E-state index in [9.17, 15) is 9.59 Å². The van der Waals surface area contributed by atoms with Gasteiger partial charge in [0.1, 0.15) is 0 Å². The molecule has 0 aliphatic carbocycles. The lowest BCUT2D eigenvalue weighted by Gasteiger charge is -2.41. The van der Waals surface area contributed by atoms with Crippen molar-refractivity contribution in [2.24, 2.45) is 5.92 Å². The third kappa shape index (κ3) is 2.98. The van der Waals surface area contributed by atoms with Gasteiger partial charge in [0.05, 0.1) is 0 Å². The number of halogens is 1. The molecule has 1 atom stereocenters. The Bertz CT molecular complexity index is 544. The summed E-state index contributed by atoms with van der Waals surface area (Å²) in [6.07, 6.45) is 0.615. The summed E-state index contributed by atoms with van der Waals surface area (Å²) in [5.41, 5.74) is 0.248. The highest BCUT2D eigenvalue weighted by Crippen LogP contribution is 2.40. The van der Waals surface area contributed by atoms with E-state index in [1.165, 1.54) is 0 Å². The van der Waals surface area contributed by atoms with Crippen LogP contribution < -0.4 is 0 Å². The zero-order valence-electron chi connectivity index (χ0n) is 12.6. The molecular formula is C16H19BrO4. The zero-order valence-corrected chi connectivity index (χ0v) is 14.2. The summed E-state index contributed by atoms with van der Waals surface area (Å²) in [4.78, 5) is 24.7. The molecule has 0 saturated carbocycles. The fraction of sp³-hybridized carbons (Fsp3) is 0.500. The molecule has 1 fully saturated rings. The van der Waals surface area contributed by atoms with Gasteiger partial charge in [0.2, 0.25) is 0 Å². The normalized spacial score (nSPS) is 21.4. The van der Waals surface area contributed by atoms with Crippen molar-refractivity contribution in [2.75, 3.05) is 0 Å². The van der Waals surface area contributed by atoms with Gasteiger partial charge in [0.25, 0.3) is 5.79 Å². The number of ether oxygens (including phenoxy) is 2. The summed E-state index contributed by atoms with van der Waals surface area (Å²) in [6, 6.07) is 7.61. The van der Waals surface area contributed by atoms with Crippen LogP contribution in [-0.2, 0) is 24.5 Å². The Morgan fingerprint density at radius 1 is 1.14 bits per heavy atom. The van der Waals surface area contributed by atoms with Crippen LogP contribution in [0.4, 0.5) is 0 Å². The first-order valence-corrected chi connectivity index (χ1v) is 7.70. The second-order valence-corrected chi connectivity index (χ2v) is 6.87. The summed E-state index contributed by atoms with van der Waals surface area (Å²) in [7, 11) is 0. The molecule has 21 heavy (non-hydrogen) atoms. The van der Waals surface area contributed by atoms with Gasteiger partial charge in [-0.25, -0.2) is 0 Å². The number of hydrogen-bond acceptors (Lipinski definition) is 4. The van der Waals surface area contributed by atoms with Crippen molar-refractivity contribution >= 4 is 27.9 Å². The number of esters is 2. The molecule has 0 unspecified atom stereocenters. The molecule has 1 aromatic rings. The van der Waals surface area contributed by atoms with Gasteiger partial charge < -0.3 is 9.47 Å². The maximum absolute atomic E-state index is 12.3. The van der Waals surface area contributed by atoms with E-state index in [0.717, 1.165) is 10.0 Å². The molecular weight excluding hydrogens is 336 g/mol. The SMILES string of the molecule is CC[C@@](C)(c1ccc(Br)cc1)C1C(=O)OC(C)(C)OC1=O. The smallest absolute Gasteiger partial charge is 0.324 e. The minimum Gasteiger partial charge on any atom is -0.422 e. The van der Waals surface area contributed by atoms with E-state index in [0.29, 0.717) is 6.42 Å². The maximum atomic E-state index is 12.3. The molecule has 114 valence electrons. The second kappa shape index (κ2) is 5.44.